The van der Waals surface area contributed by atoms with Gasteiger partial charge in [-0.3, -0.25) is 9.59 Å². The van der Waals surface area contributed by atoms with Gasteiger partial charge in [-0.2, -0.15) is 0 Å². The van der Waals surface area contributed by atoms with Gasteiger partial charge in [0.05, 0.1) is 12.3 Å². The van der Waals surface area contributed by atoms with Crippen LogP contribution in [0.4, 0.5) is 5.13 Å². The molecule has 1 aromatic heterocycles. The van der Waals surface area contributed by atoms with Crippen LogP contribution in [0.5, 0.6) is 5.75 Å². The lowest BCUT2D eigenvalue weighted by Gasteiger charge is -2.23. The minimum absolute atomic E-state index is 0.00106. The Morgan fingerprint density at radius 1 is 1.24 bits per heavy atom. The largest absolute Gasteiger partial charge is 0.494 e. The van der Waals surface area contributed by atoms with Gasteiger partial charge in [0.2, 0.25) is 5.91 Å². The van der Waals surface area contributed by atoms with E-state index in [4.69, 9.17) is 4.74 Å². The summed E-state index contributed by atoms with van der Waals surface area (Å²) in [6.07, 6.45) is 2.90. The van der Waals surface area contributed by atoms with Crippen LogP contribution in [-0.2, 0) is 4.79 Å². The maximum absolute atomic E-state index is 13.0. The SMILES string of the molecule is CCCCOc1ccc(C(=O)N(CCC(C)C)CC(=O)Nc2nc(C)cs2)cc1. The Morgan fingerprint density at radius 2 is 1.97 bits per heavy atom. The molecule has 0 aliphatic carbocycles. The molecule has 0 spiro atoms. The van der Waals surface area contributed by atoms with E-state index < -0.39 is 0 Å². The summed E-state index contributed by atoms with van der Waals surface area (Å²) in [5.74, 6) is 0.789. The third-order valence-corrected chi connectivity index (χ3v) is 5.21. The lowest BCUT2D eigenvalue weighted by atomic mass is 10.1. The van der Waals surface area contributed by atoms with E-state index >= 15 is 0 Å². The number of anilines is 1. The molecule has 2 rings (SSSR count). The van der Waals surface area contributed by atoms with E-state index in [1.165, 1.54) is 11.3 Å². The Balaban J connectivity index is 2.03. The van der Waals surface area contributed by atoms with Gasteiger partial charge in [0.1, 0.15) is 12.3 Å². The zero-order valence-electron chi connectivity index (χ0n) is 17.7. The third kappa shape index (κ3) is 7.85. The molecule has 2 amide bonds. The van der Waals surface area contributed by atoms with Crippen molar-refractivity contribution in [3.63, 3.8) is 0 Å². The van der Waals surface area contributed by atoms with Gasteiger partial charge in [-0.15, -0.1) is 11.3 Å². The molecule has 1 aromatic carbocycles. The number of carbonyl (C=O) groups is 2. The van der Waals surface area contributed by atoms with E-state index in [2.05, 4.69) is 31.1 Å². The molecular formula is C22H31N3O3S. The molecule has 0 fully saturated rings. The molecule has 1 N–H and O–H groups in total. The zero-order chi connectivity index (χ0) is 21.2. The van der Waals surface area contributed by atoms with Crippen molar-refractivity contribution in [3.8, 4) is 5.75 Å². The van der Waals surface area contributed by atoms with Crippen molar-refractivity contribution in [1.29, 1.82) is 0 Å². The van der Waals surface area contributed by atoms with E-state index in [9.17, 15) is 9.59 Å². The number of unbranched alkanes of at least 4 members (excludes halogenated alkanes) is 1. The number of nitrogens with one attached hydrogen (secondary N) is 1. The minimum Gasteiger partial charge on any atom is -0.494 e. The number of aromatic nitrogens is 1. The maximum Gasteiger partial charge on any atom is 0.254 e. The molecule has 0 atom stereocenters. The molecule has 0 aliphatic rings. The Kier molecular flexibility index (Phi) is 9.12. The average Bonchev–Trinajstić information content (AvgIpc) is 3.09. The van der Waals surface area contributed by atoms with Gasteiger partial charge in [-0.1, -0.05) is 27.2 Å². The molecule has 0 bridgehead atoms. The Morgan fingerprint density at radius 3 is 2.55 bits per heavy atom. The standard InChI is InChI=1S/C22H31N3O3S/c1-5-6-13-28-19-9-7-18(8-10-19)21(27)25(12-11-16(2)3)14-20(26)24-22-23-17(4)15-29-22/h7-10,15-16H,5-6,11-14H2,1-4H3,(H,23,24,26). The van der Waals surface area contributed by atoms with Crippen LogP contribution in [0.1, 0.15) is 56.1 Å². The van der Waals surface area contributed by atoms with E-state index in [1.54, 1.807) is 17.0 Å². The molecule has 0 aliphatic heterocycles. The van der Waals surface area contributed by atoms with Crippen molar-refractivity contribution in [2.45, 2.75) is 47.0 Å². The van der Waals surface area contributed by atoms with Crippen molar-refractivity contribution in [2.75, 3.05) is 25.0 Å². The number of aryl methyl sites for hydroxylation is 1. The first-order valence-corrected chi connectivity index (χ1v) is 11.0. The van der Waals surface area contributed by atoms with Crippen LogP contribution in [0, 0.1) is 12.8 Å². The monoisotopic (exact) mass is 417 g/mol. The lowest BCUT2D eigenvalue weighted by Crippen LogP contribution is -2.39. The summed E-state index contributed by atoms with van der Waals surface area (Å²) in [6.45, 7) is 9.38. The lowest BCUT2D eigenvalue weighted by molar-refractivity contribution is -0.116. The van der Waals surface area contributed by atoms with Crippen molar-refractivity contribution in [1.82, 2.24) is 9.88 Å². The highest BCUT2D eigenvalue weighted by molar-refractivity contribution is 7.13. The first kappa shape index (κ1) is 22.9. The summed E-state index contributed by atoms with van der Waals surface area (Å²) in [7, 11) is 0. The van der Waals surface area contributed by atoms with Gasteiger partial charge in [-0.25, -0.2) is 4.98 Å². The van der Waals surface area contributed by atoms with Crippen molar-refractivity contribution in [2.24, 2.45) is 5.92 Å². The van der Waals surface area contributed by atoms with Gasteiger partial charge in [0, 0.05) is 17.5 Å². The summed E-state index contributed by atoms with van der Waals surface area (Å²) >= 11 is 1.38. The number of hydrogen-bond acceptors (Lipinski definition) is 5. The minimum atomic E-state index is -0.240. The van der Waals surface area contributed by atoms with Crippen LogP contribution in [-0.4, -0.2) is 41.4 Å². The molecule has 29 heavy (non-hydrogen) atoms. The van der Waals surface area contributed by atoms with Crippen LogP contribution in [0.15, 0.2) is 29.6 Å². The molecule has 0 saturated carbocycles. The maximum atomic E-state index is 13.0. The second kappa shape index (κ2) is 11.6. The fourth-order valence-electron chi connectivity index (χ4n) is 2.62. The zero-order valence-corrected chi connectivity index (χ0v) is 18.6. The third-order valence-electron chi connectivity index (χ3n) is 4.33. The highest BCUT2D eigenvalue weighted by Gasteiger charge is 2.20. The topological polar surface area (TPSA) is 71.5 Å². The van der Waals surface area contributed by atoms with Crippen LogP contribution in [0.25, 0.3) is 0 Å². The number of thiazole rings is 1. The molecule has 0 radical (unpaired) electrons. The quantitative estimate of drug-likeness (QED) is 0.535. The van der Waals surface area contributed by atoms with E-state index in [1.807, 2.05) is 24.4 Å². The molecule has 0 saturated heterocycles. The fraction of sp³-hybridized carbons (Fsp3) is 0.500. The Hall–Kier alpha value is -2.41. The Labute approximate surface area is 177 Å². The summed E-state index contributed by atoms with van der Waals surface area (Å²) in [4.78, 5) is 31.3. The number of benzene rings is 1. The second-order valence-electron chi connectivity index (χ2n) is 7.48. The molecule has 158 valence electrons. The molecule has 2 aromatic rings. The van der Waals surface area contributed by atoms with Gasteiger partial charge in [0.15, 0.2) is 5.13 Å². The molecule has 0 unspecified atom stereocenters. The fourth-order valence-corrected chi connectivity index (χ4v) is 3.32. The summed E-state index contributed by atoms with van der Waals surface area (Å²) < 4.78 is 5.66. The molecule has 6 nitrogen and oxygen atoms in total. The normalized spacial score (nSPS) is 10.8. The summed E-state index contributed by atoms with van der Waals surface area (Å²) in [5.41, 5.74) is 1.41. The van der Waals surface area contributed by atoms with Crippen LogP contribution >= 0.6 is 11.3 Å². The number of carbonyl (C=O) groups excluding carboxylic acids is 2. The van der Waals surface area contributed by atoms with Crippen molar-refractivity contribution >= 4 is 28.3 Å². The first-order valence-electron chi connectivity index (χ1n) is 10.1. The predicted octanol–water partition coefficient (Wildman–Crippen LogP) is 4.76. The predicted molar refractivity (Wildman–Crippen MR) is 118 cm³/mol. The van der Waals surface area contributed by atoms with E-state index in [0.29, 0.717) is 29.8 Å². The number of nitrogens with zero attached hydrogens (tertiary/aromatic N) is 2. The molecule has 1 heterocycles. The van der Waals surface area contributed by atoms with Crippen LogP contribution in [0.2, 0.25) is 0 Å². The van der Waals surface area contributed by atoms with E-state index in [-0.39, 0.29) is 18.4 Å². The average molecular weight is 418 g/mol. The highest BCUT2D eigenvalue weighted by atomic mass is 32.1. The van der Waals surface area contributed by atoms with Crippen LogP contribution < -0.4 is 10.1 Å². The number of rotatable bonds is 11. The smallest absolute Gasteiger partial charge is 0.254 e. The molecule has 7 heteroatoms. The van der Waals surface area contributed by atoms with Gasteiger partial charge >= 0.3 is 0 Å². The molecular weight excluding hydrogens is 386 g/mol. The van der Waals surface area contributed by atoms with Gasteiger partial charge < -0.3 is 15.0 Å². The number of amides is 2. The second-order valence-corrected chi connectivity index (χ2v) is 8.34. The first-order chi connectivity index (χ1) is 13.9. The van der Waals surface area contributed by atoms with Crippen molar-refractivity contribution in [3.05, 3.63) is 40.9 Å². The van der Waals surface area contributed by atoms with Gasteiger partial charge in [-0.05, 0) is 49.9 Å². The number of hydrogen-bond donors (Lipinski definition) is 1. The summed E-state index contributed by atoms with van der Waals surface area (Å²) in [5, 5.41) is 5.21. The highest BCUT2D eigenvalue weighted by Crippen LogP contribution is 2.17. The van der Waals surface area contributed by atoms with Crippen molar-refractivity contribution < 1.29 is 14.3 Å². The number of ether oxygens (including phenoxy) is 1. The summed E-state index contributed by atoms with van der Waals surface area (Å²) in [6, 6.07) is 7.13. The Bertz CT molecular complexity index is 787. The van der Waals surface area contributed by atoms with E-state index in [0.717, 1.165) is 30.7 Å². The van der Waals surface area contributed by atoms with Crippen LogP contribution in [0.3, 0.4) is 0 Å². The van der Waals surface area contributed by atoms with Gasteiger partial charge in [0.25, 0.3) is 5.91 Å².